The number of ether oxygens (including phenoxy) is 1. The molecule has 1 heterocycles. The highest BCUT2D eigenvalue weighted by atomic mass is 16.5. The maximum atomic E-state index is 12.8. The minimum absolute atomic E-state index is 0.00916. The van der Waals surface area contributed by atoms with Crippen molar-refractivity contribution < 1.29 is 24.2 Å². The third kappa shape index (κ3) is 5.84. The molecule has 2 aromatic carbocycles. The first kappa shape index (κ1) is 24.8. The molecule has 0 aromatic heterocycles. The number of carbonyl (C=O) groups is 3. The third-order valence-corrected chi connectivity index (χ3v) is 7.11. The Kier molecular flexibility index (Phi) is 8.06. The van der Waals surface area contributed by atoms with E-state index in [0.29, 0.717) is 19.4 Å². The monoisotopic (exact) mass is 478 g/mol. The SMILES string of the molecule is CC(CCC(=O)N1CCCCCCC1C(=O)O)NC(=O)OCC1c2ccccc2-c2ccccc21. The fourth-order valence-electron chi connectivity index (χ4n) is 5.24. The molecule has 2 amide bonds. The van der Waals surface area contributed by atoms with Crippen LogP contribution in [0.25, 0.3) is 11.1 Å². The third-order valence-electron chi connectivity index (χ3n) is 7.11. The number of carboxylic acids is 1. The summed E-state index contributed by atoms with van der Waals surface area (Å²) >= 11 is 0. The zero-order chi connectivity index (χ0) is 24.8. The van der Waals surface area contributed by atoms with E-state index in [-0.39, 0.29) is 30.9 Å². The van der Waals surface area contributed by atoms with Gasteiger partial charge in [0.15, 0.2) is 0 Å². The number of likely N-dealkylation sites (tertiary alicyclic amines) is 1. The Hall–Kier alpha value is -3.35. The molecule has 1 fully saturated rings. The summed E-state index contributed by atoms with van der Waals surface area (Å²) in [6, 6.07) is 15.3. The highest BCUT2D eigenvalue weighted by Gasteiger charge is 2.31. The van der Waals surface area contributed by atoms with Gasteiger partial charge in [-0.3, -0.25) is 4.79 Å². The molecule has 1 aliphatic heterocycles. The van der Waals surface area contributed by atoms with Gasteiger partial charge in [-0.05, 0) is 48.4 Å². The molecule has 0 bridgehead atoms. The van der Waals surface area contributed by atoms with Gasteiger partial charge in [-0.25, -0.2) is 9.59 Å². The lowest BCUT2D eigenvalue weighted by atomic mass is 9.98. The van der Waals surface area contributed by atoms with Crippen molar-refractivity contribution in [3.8, 4) is 11.1 Å². The van der Waals surface area contributed by atoms with Crippen LogP contribution < -0.4 is 5.32 Å². The molecule has 2 N–H and O–H groups in total. The molecule has 0 saturated carbocycles. The molecular formula is C28H34N2O5. The second-order valence-corrected chi connectivity index (χ2v) is 9.55. The lowest BCUT2D eigenvalue weighted by molar-refractivity contribution is -0.151. The molecule has 4 rings (SSSR count). The average Bonchev–Trinajstić information content (AvgIpc) is 3.14. The Morgan fingerprint density at radius 1 is 1.00 bits per heavy atom. The molecule has 2 unspecified atom stereocenters. The van der Waals surface area contributed by atoms with E-state index in [2.05, 4.69) is 29.6 Å². The van der Waals surface area contributed by atoms with Crippen LogP contribution in [0.2, 0.25) is 0 Å². The number of hydrogen-bond donors (Lipinski definition) is 2. The molecule has 7 nitrogen and oxygen atoms in total. The summed E-state index contributed by atoms with van der Waals surface area (Å²) in [7, 11) is 0. The number of nitrogens with one attached hydrogen (secondary N) is 1. The number of alkyl carbamates (subject to hydrolysis) is 1. The van der Waals surface area contributed by atoms with Crippen LogP contribution in [0, 0.1) is 0 Å². The fourth-order valence-corrected chi connectivity index (χ4v) is 5.24. The predicted octanol–water partition coefficient (Wildman–Crippen LogP) is 4.94. The number of fused-ring (bicyclic) bond motifs is 3. The molecular weight excluding hydrogens is 444 g/mol. The second-order valence-electron chi connectivity index (χ2n) is 9.55. The molecule has 35 heavy (non-hydrogen) atoms. The van der Waals surface area contributed by atoms with E-state index >= 15 is 0 Å². The van der Waals surface area contributed by atoms with Crippen molar-refractivity contribution in [2.75, 3.05) is 13.2 Å². The van der Waals surface area contributed by atoms with E-state index in [1.807, 2.05) is 31.2 Å². The Balaban J connectivity index is 1.28. The normalized spacial score (nSPS) is 18.5. The molecule has 2 aliphatic rings. The number of hydrogen-bond acceptors (Lipinski definition) is 4. The number of benzene rings is 2. The Morgan fingerprint density at radius 2 is 1.63 bits per heavy atom. The quantitative estimate of drug-likeness (QED) is 0.588. The number of carbonyl (C=O) groups excluding carboxylic acids is 2. The van der Waals surface area contributed by atoms with E-state index in [0.717, 1.165) is 36.8 Å². The predicted molar refractivity (Wildman–Crippen MR) is 133 cm³/mol. The van der Waals surface area contributed by atoms with Crippen LogP contribution in [0.4, 0.5) is 4.79 Å². The zero-order valence-electron chi connectivity index (χ0n) is 20.2. The minimum atomic E-state index is -0.940. The lowest BCUT2D eigenvalue weighted by Crippen LogP contribution is -2.46. The van der Waals surface area contributed by atoms with Crippen molar-refractivity contribution in [3.05, 3.63) is 59.7 Å². The van der Waals surface area contributed by atoms with E-state index in [9.17, 15) is 19.5 Å². The van der Waals surface area contributed by atoms with Gasteiger partial charge in [-0.2, -0.15) is 0 Å². The van der Waals surface area contributed by atoms with Crippen LogP contribution >= 0.6 is 0 Å². The summed E-state index contributed by atoms with van der Waals surface area (Å²) < 4.78 is 5.59. The summed E-state index contributed by atoms with van der Waals surface area (Å²) in [4.78, 5) is 38.5. The first-order valence-electron chi connectivity index (χ1n) is 12.6. The molecule has 186 valence electrons. The van der Waals surface area contributed by atoms with Gasteiger partial charge in [-0.15, -0.1) is 0 Å². The highest BCUT2D eigenvalue weighted by molar-refractivity contribution is 5.84. The maximum absolute atomic E-state index is 12.8. The largest absolute Gasteiger partial charge is 0.480 e. The lowest BCUT2D eigenvalue weighted by Gasteiger charge is -2.31. The van der Waals surface area contributed by atoms with E-state index in [1.54, 1.807) is 0 Å². The van der Waals surface area contributed by atoms with Gasteiger partial charge in [0.25, 0.3) is 0 Å². The average molecular weight is 479 g/mol. The molecule has 2 atom stereocenters. The molecule has 2 aromatic rings. The molecule has 1 aliphatic carbocycles. The van der Waals surface area contributed by atoms with E-state index in [1.165, 1.54) is 16.0 Å². The van der Waals surface area contributed by atoms with E-state index < -0.39 is 18.1 Å². The fraction of sp³-hybridized carbons (Fsp3) is 0.464. The first-order valence-corrected chi connectivity index (χ1v) is 12.6. The van der Waals surface area contributed by atoms with Gasteiger partial charge in [0.1, 0.15) is 12.6 Å². The van der Waals surface area contributed by atoms with Crippen molar-refractivity contribution in [2.24, 2.45) is 0 Å². The van der Waals surface area contributed by atoms with E-state index in [4.69, 9.17) is 4.74 Å². The standard InChI is InChI=1S/C28H34N2O5/c1-19(15-16-26(31)30-17-9-3-2-4-14-25(30)27(32)33)29-28(34)35-18-24-22-12-7-5-10-20(22)21-11-6-8-13-23(21)24/h5-8,10-13,19,24-25H,2-4,9,14-18H2,1H3,(H,29,34)(H,32,33). The molecule has 7 heteroatoms. The number of rotatable bonds is 7. The summed E-state index contributed by atoms with van der Waals surface area (Å²) in [5, 5.41) is 12.4. The Labute approximate surface area is 206 Å². The van der Waals surface area contributed by atoms with Crippen LogP contribution in [0.5, 0.6) is 0 Å². The number of amides is 2. The Morgan fingerprint density at radius 3 is 2.29 bits per heavy atom. The maximum Gasteiger partial charge on any atom is 0.407 e. The van der Waals surface area contributed by atoms with Gasteiger partial charge in [0, 0.05) is 24.9 Å². The van der Waals surface area contributed by atoms with Crippen molar-refractivity contribution in [1.29, 1.82) is 0 Å². The van der Waals surface area contributed by atoms with Gasteiger partial charge in [-0.1, -0.05) is 67.8 Å². The summed E-state index contributed by atoms with van der Waals surface area (Å²) in [5.74, 6) is -1.12. The molecule has 0 spiro atoms. The van der Waals surface area contributed by atoms with Gasteiger partial charge in [0.2, 0.25) is 5.91 Å². The smallest absolute Gasteiger partial charge is 0.407 e. The van der Waals surface area contributed by atoms with Crippen LogP contribution in [0.3, 0.4) is 0 Å². The topological polar surface area (TPSA) is 95.9 Å². The number of carboxylic acid groups (broad SMARTS) is 1. The summed E-state index contributed by atoms with van der Waals surface area (Å²) in [5.41, 5.74) is 4.66. The molecule has 0 radical (unpaired) electrons. The summed E-state index contributed by atoms with van der Waals surface area (Å²) in [6.07, 6.45) is 4.25. The number of nitrogens with zero attached hydrogens (tertiary/aromatic N) is 1. The van der Waals surface area contributed by atoms with Crippen molar-refractivity contribution in [3.63, 3.8) is 0 Å². The summed E-state index contributed by atoms with van der Waals surface area (Å²) in [6.45, 7) is 2.54. The zero-order valence-corrected chi connectivity index (χ0v) is 20.2. The van der Waals surface area contributed by atoms with Gasteiger partial charge in [0.05, 0.1) is 0 Å². The van der Waals surface area contributed by atoms with Crippen LogP contribution in [-0.2, 0) is 14.3 Å². The van der Waals surface area contributed by atoms with Crippen molar-refractivity contribution in [2.45, 2.75) is 69.9 Å². The number of aliphatic carboxylic acids is 1. The second kappa shape index (κ2) is 11.4. The van der Waals surface area contributed by atoms with Gasteiger partial charge < -0.3 is 20.1 Å². The van der Waals surface area contributed by atoms with Crippen molar-refractivity contribution in [1.82, 2.24) is 10.2 Å². The van der Waals surface area contributed by atoms with Crippen LogP contribution in [-0.4, -0.2) is 53.2 Å². The molecule has 1 saturated heterocycles. The van der Waals surface area contributed by atoms with Crippen LogP contribution in [0.1, 0.15) is 68.9 Å². The Bertz CT molecular complexity index is 1020. The highest BCUT2D eigenvalue weighted by Crippen LogP contribution is 2.44. The van der Waals surface area contributed by atoms with Crippen LogP contribution in [0.15, 0.2) is 48.5 Å². The first-order chi connectivity index (χ1) is 17.0. The van der Waals surface area contributed by atoms with Gasteiger partial charge >= 0.3 is 12.1 Å². The minimum Gasteiger partial charge on any atom is -0.480 e. The van der Waals surface area contributed by atoms with Crippen molar-refractivity contribution >= 4 is 18.0 Å².